The Morgan fingerprint density at radius 2 is 1.62 bits per heavy atom. The average molecular weight is 326 g/mol. The number of aryl methyl sites for hydroxylation is 1. The van der Waals surface area contributed by atoms with E-state index in [0.29, 0.717) is 13.0 Å². The molecule has 2 aromatic rings. The van der Waals surface area contributed by atoms with Crippen molar-refractivity contribution < 1.29 is 14.6 Å². The summed E-state index contributed by atoms with van der Waals surface area (Å²) in [5.41, 5.74) is 2.06. The summed E-state index contributed by atoms with van der Waals surface area (Å²) in [5.74, 6) is -0.806. The Labute approximate surface area is 144 Å². The molecule has 0 spiro atoms. The highest BCUT2D eigenvalue weighted by Crippen LogP contribution is 2.43. The summed E-state index contributed by atoms with van der Waals surface area (Å²) >= 11 is 0. The van der Waals surface area contributed by atoms with E-state index in [1.54, 1.807) is 0 Å². The van der Waals surface area contributed by atoms with Crippen LogP contribution in [0, 0.1) is 5.41 Å². The van der Waals surface area contributed by atoms with Crippen LogP contribution in [0.25, 0.3) is 0 Å². The van der Waals surface area contributed by atoms with E-state index in [0.717, 1.165) is 12.0 Å². The Morgan fingerprint density at radius 1 is 1.00 bits per heavy atom. The zero-order valence-electron chi connectivity index (χ0n) is 14.4. The number of hydrogen-bond acceptors (Lipinski definition) is 3. The Hall–Kier alpha value is -1.68. The molecule has 0 saturated carbocycles. The van der Waals surface area contributed by atoms with Gasteiger partial charge in [0.05, 0.1) is 19.3 Å². The lowest BCUT2D eigenvalue weighted by Crippen LogP contribution is -2.53. The number of aliphatic hydroxyl groups is 1. The quantitative estimate of drug-likeness (QED) is 0.905. The topological polar surface area (TPSA) is 38.7 Å². The van der Waals surface area contributed by atoms with Crippen molar-refractivity contribution in [2.45, 2.75) is 38.6 Å². The third-order valence-corrected chi connectivity index (χ3v) is 4.85. The smallest absolute Gasteiger partial charge is 0.195 e. The van der Waals surface area contributed by atoms with Crippen molar-refractivity contribution in [1.82, 2.24) is 0 Å². The minimum Gasteiger partial charge on any atom is -0.394 e. The van der Waals surface area contributed by atoms with Crippen LogP contribution >= 0.6 is 0 Å². The van der Waals surface area contributed by atoms with Crippen LogP contribution in [0.2, 0.25) is 0 Å². The molecule has 0 amide bonds. The highest BCUT2D eigenvalue weighted by molar-refractivity contribution is 5.23. The van der Waals surface area contributed by atoms with E-state index in [1.807, 2.05) is 48.5 Å². The minimum atomic E-state index is -0.806. The predicted molar refractivity (Wildman–Crippen MR) is 94.6 cm³/mol. The molecule has 0 radical (unpaired) electrons. The van der Waals surface area contributed by atoms with E-state index < -0.39 is 5.79 Å². The van der Waals surface area contributed by atoms with Gasteiger partial charge in [-0.15, -0.1) is 0 Å². The summed E-state index contributed by atoms with van der Waals surface area (Å²) in [5, 5.41) is 9.81. The lowest BCUT2D eigenvalue weighted by Gasteiger charge is -2.48. The summed E-state index contributed by atoms with van der Waals surface area (Å²) in [4.78, 5) is 0. The van der Waals surface area contributed by atoms with Gasteiger partial charge in [-0.1, -0.05) is 74.5 Å². The van der Waals surface area contributed by atoms with Gasteiger partial charge in [0.2, 0.25) is 0 Å². The van der Waals surface area contributed by atoms with Gasteiger partial charge in [0.1, 0.15) is 0 Å². The van der Waals surface area contributed by atoms with Crippen LogP contribution < -0.4 is 0 Å². The van der Waals surface area contributed by atoms with Gasteiger partial charge in [-0.05, 0) is 12.0 Å². The third-order valence-electron chi connectivity index (χ3n) is 4.85. The van der Waals surface area contributed by atoms with E-state index in [1.165, 1.54) is 5.56 Å². The minimum absolute atomic E-state index is 0.00369. The number of rotatable bonds is 5. The molecular formula is C21H26O3. The SMILES string of the molecule is CC1(C)CO[C@@](CCc2ccccc2)(c2ccccc2)O[C@H]1CO. The molecule has 0 aliphatic carbocycles. The largest absolute Gasteiger partial charge is 0.394 e. The highest BCUT2D eigenvalue weighted by Gasteiger charge is 2.47. The molecule has 1 N–H and O–H groups in total. The summed E-state index contributed by atoms with van der Waals surface area (Å²) in [6.07, 6.45) is 1.32. The van der Waals surface area contributed by atoms with Gasteiger partial charge in [0.15, 0.2) is 5.79 Å². The van der Waals surface area contributed by atoms with Crippen LogP contribution in [0.15, 0.2) is 60.7 Å². The normalized spacial score (nSPS) is 26.2. The number of hydrogen-bond donors (Lipinski definition) is 1. The van der Waals surface area contributed by atoms with Crippen molar-refractivity contribution in [2.75, 3.05) is 13.2 Å². The van der Waals surface area contributed by atoms with E-state index in [-0.39, 0.29) is 18.1 Å². The van der Waals surface area contributed by atoms with Gasteiger partial charge in [0, 0.05) is 17.4 Å². The molecule has 1 aliphatic rings. The first-order valence-electron chi connectivity index (χ1n) is 8.58. The van der Waals surface area contributed by atoms with Crippen LogP contribution in [0.3, 0.4) is 0 Å². The monoisotopic (exact) mass is 326 g/mol. The van der Waals surface area contributed by atoms with Crippen molar-refractivity contribution in [3.63, 3.8) is 0 Å². The van der Waals surface area contributed by atoms with Crippen LogP contribution in [-0.4, -0.2) is 24.4 Å². The van der Waals surface area contributed by atoms with E-state index in [2.05, 4.69) is 26.0 Å². The first-order chi connectivity index (χ1) is 11.6. The van der Waals surface area contributed by atoms with Crippen molar-refractivity contribution in [3.8, 4) is 0 Å². The van der Waals surface area contributed by atoms with Gasteiger partial charge in [0.25, 0.3) is 0 Å². The maximum atomic E-state index is 9.81. The van der Waals surface area contributed by atoms with Gasteiger partial charge in [-0.3, -0.25) is 0 Å². The lowest BCUT2D eigenvalue weighted by atomic mass is 9.84. The van der Waals surface area contributed by atoms with Crippen LogP contribution in [0.5, 0.6) is 0 Å². The predicted octanol–water partition coefficient (Wildman–Crippen LogP) is 3.91. The molecule has 0 bridgehead atoms. The van der Waals surface area contributed by atoms with Crippen LogP contribution in [0.1, 0.15) is 31.4 Å². The average Bonchev–Trinajstić information content (AvgIpc) is 2.62. The lowest BCUT2D eigenvalue weighted by molar-refractivity contribution is -0.345. The maximum Gasteiger partial charge on any atom is 0.195 e. The Kier molecular flexibility index (Phi) is 5.04. The second kappa shape index (κ2) is 7.06. The number of ether oxygens (including phenoxy) is 2. The first kappa shape index (κ1) is 17.2. The van der Waals surface area contributed by atoms with E-state index >= 15 is 0 Å². The summed E-state index contributed by atoms with van der Waals surface area (Å²) in [7, 11) is 0. The molecule has 128 valence electrons. The molecule has 1 saturated heterocycles. The molecule has 1 aliphatic heterocycles. The van der Waals surface area contributed by atoms with Gasteiger partial charge in [-0.25, -0.2) is 0 Å². The zero-order chi connectivity index (χ0) is 17.0. The van der Waals surface area contributed by atoms with Crippen molar-refractivity contribution in [3.05, 3.63) is 71.8 Å². The fourth-order valence-corrected chi connectivity index (χ4v) is 3.18. The molecule has 3 heteroatoms. The second-order valence-corrected chi connectivity index (χ2v) is 7.17. The summed E-state index contributed by atoms with van der Waals surface area (Å²) < 4.78 is 12.7. The summed E-state index contributed by atoms with van der Waals surface area (Å²) in [6, 6.07) is 20.4. The standard InChI is InChI=1S/C21H26O3/c1-20(2)16-23-21(24-19(20)15-22,18-11-7-4-8-12-18)14-13-17-9-5-3-6-10-17/h3-12,19,22H,13-16H2,1-2H3/t19-,21+/m0/s1. The molecule has 0 aromatic heterocycles. The Balaban J connectivity index is 1.88. The molecule has 2 atom stereocenters. The molecule has 3 nitrogen and oxygen atoms in total. The zero-order valence-corrected chi connectivity index (χ0v) is 14.4. The Bertz CT molecular complexity index is 639. The van der Waals surface area contributed by atoms with Crippen molar-refractivity contribution in [1.29, 1.82) is 0 Å². The molecule has 24 heavy (non-hydrogen) atoms. The van der Waals surface area contributed by atoms with Crippen molar-refractivity contribution >= 4 is 0 Å². The summed E-state index contributed by atoms with van der Waals surface area (Å²) in [6.45, 7) is 4.69. The molecule has 2 aromatic carbocycles. The van der Waals surface area contributed by atoms with Crippen LogP contribution in [-0.2, 0) is 21.7 Å². The maximum absolute atomic E-state index is 9.81. The number of aliphatic hydroxyl groups excluding tert-OH is 1. The Morgan fingerprint density at radius 3 is 2.25 bits per heavy atom. The second-order valence-electron chi connectivity index (χ2n) is 7.17. The van der Waals surface area contributed by atoms with E-state index in [4.69, 9.17) is 9.47 Å². The van der Waals surface area contributed by atoms with E-state index in [9.17, 15) is 5.11 Å². The molecule has 1 fully saturated rings. The van der Waals surface area contributed by atoms with Crippen LogP contribution in [0.4, 0.5) is 0 Å². The third kappa shape index (κ3) is 3.54. The molecule has 1 heterocycles. The van der Waals surface area contributed by atoms with Gasteiger partial charge in [-0.2, -0.15) is 0 Å². The van der Waals surface area contributed by atoms with Gasteiger partial charge >= 0.3 is 0 Å². The van der Waals surface area contributed by atoms with Gasteiger partial charge < -0.3 is 14.6 Å². The van der Waals surface area contributed by atoms with Crippen molar-refractivity contribution in [2.24, 2.45) is 5.41 Å². The number of benzene rings is 2. The fourth-order valence-electron chi connectivity index (χ4n) is 3.18. The fraction of sp³-hybridized carbons (Fsp3) is 0.429. The molecular weight excluding hydrogens is 300 g/mol. The first-order valence-corrected chi connectivity index (χ1v) is 8.58. The molecule has 0 unspecified atom stereocenters. The molecule has 3 rings (SSSR count). The highest BCUT2D eigenvalue weighted by atomic mass is 16.7.